The van der Waals surface area contributed by atoms with Gasteiger partial charge in [0.2, 0.25) is 0 Å². The van der Waals surface area contributed by atoms with Crippen LogP contribution in [0.3, 0.4) is 0 Å². The van der Waals surface area contributed by atoms with Crippen LogP contribution in [0.25, 0.3) is 0 Å². The van der Waals surface area contributed by atoms with Crippen LogP contribution in [0.1, 0.15) is 356 Å². The third-order valence-electron chi connectivity index (χ3n) is 29.3. The van der Waals surface area contributed by atoms with Gasteiger partial charge >= 0.3 is 0 Å². The normalized spacial score (nSPS) is 62.6. The van der Waals surface area contributed by atoms with Crippen molar-refractivity contribution in [3.05, 3.63) is 0 Å². The predicted octanol–water partition coefficient (Wildman–Crippen LogP) is 22.3. The van der Waals surface area contributed by atoms with Crippen LogP contribution in [0, 0.1) is 122 Å². The molecule has 0 spiro atoms. The van der Waals surface area contributed by atoms with E-state index in [2.05, 4.69) is 123 Å². The molecular weight excluding hydrogens is 997 g/mol. The zero-order valence-corrected chi connectivity index (χ0v) is 56.8. The van der Waals surface area contributed by atoms with Crippen LogP contribution in [-0.2, 0) is 9.88 Å². The monoisotopic (exact) mass is 1130 g/mol. The van der Waals surface area contributed by atoms with E-state index in [0.29, 0.717) is 65.0 Å². The van der Waals surface area contributed by atoms with Crippen molar-refractivity contribution in [2.24, 2.45) is 133 Å². The maximum Gasteiger partial charge on any atom is 0.107 e. The third-order valence-corrected chi connectivity index (χ3v) is 29.3. The summed E-state index contributed by atoms with van der Waals surface area (Å²) in [5, 5.41) is 0. The molecule has 24 saturated carbocycles. The van der Waals surface area contributed by atoms with Gasteiger partial charge in [-0.05, 0) is 353 Å². The second-order valence-electron chi connectivity index (χ2n) is 44.6. The highest BCUT2D eigenvalue weighted by Gasteiger charge is 2.66. The fourth-order valence-electron chi connectivity index (χ4n) is 36.2. The second kappa shape index (κ2) is 18.5. The lowest BCUT2D eigenvalue weighted by atomic mass is 9.37. The summed E-state index contributed by atoms with van der Waals surface area (Å²) in [5.74, 6) is 10.2. The van der Waals surface area contributed by atoms with E-state index in [9.17, 15) is 0 Å². The molecule has 0 aromatic carbocycles. The van der Waals surface area contributed by atoms with E-state index in [1.807, 2.05) is 0 Å². The van der Waals surface area contributed by atoms with Crippen LogP contribution in [0.2, 0.25) is 0 Å². The first-order valence-corrected chi connectivity index (χ1v) is 35.7. The predicted molar refractivity (Wildman–Crippen MR) is 344 cm³/mol. The average Bonchev–Trinajstić information content (AvgIpc) is 0.946. The first-order chi connectivity index (χ1) is 36.8. The molecule has 24 aliphatic carbocycles. The number of hydrogen-bond acceptors (Lipinski definition) is 4. The molecule has 24 aliphatic rings. The second-order valence-corrected chi connectivity index (χ2v) is 44.6. The summed E-state index contributed by atoms with van der Waals surface area (Å²) in [7, 11) is 0. The quantitative estimate of drug-likeness (QED) is 0.214. The third kappa shape index (κ3) is 11.8. The van der Waals surface area contributed by atoms with Crippen molar-refractivity contribution in [2.45, 2.75) is 367 Å². The molecule has 4 nitrogen and oxygen atoms in total. The van der Waals surface area contributed by atoms with Crippen LogP contribution in [0.4, 0.5) is 0 Å². The number of rotatable bonds is 2. The van der Waals surface area contributed by atoms with Gasteiger partial charge < -0.3 is 5.73 Å². The van der Waals surface area contributed by atoms with E-state index in [0.717, 1.165) is 75.9 Å². The van der Waals surface area contributed by atoms with Crippen molar-refractivity contribution in [2.75, 3.05) is 0 Å². The topological polar surface area (TPSA) is 70.5 Å². The Morgan fingerprint density at radius 2 is 0.427 bits per heavy atom. The maximum absolute atomic E-state index is 6.49. The van der Waals surface area contributed by atoms with Crippen LogP contribution < -0.4 is 11.6 Å². The molecule has 24 fully saturated rings. The van der Waals surface area contributed by atoms with Gasteiger partial charge in [-0.2, -0.15) is 5.90 Å². The average molecular weight is 1130 g/mol. The lowest BCUT2D eigenvalue weighted by molar-refractivity contribution is -0.402. The molecule has 470 valence electrons. The summed E-state index contributed by atoms with van der Waals surface area (Å²) in [5.41, 5.74) is 18.0. The van der Waals surface area contributed by atoms with Gasteiger partial charge in [0.25, 0.3) is 0 Å². The standard InChI is InChI=1S/2C14H24.C13H22.C12H21NO2.C12H21N.C12H20.CH4/c2*1-11-5-12(2)8-13(3,6-11)10-14(4,7-11)9-12;1-11-4-10-5-12(2,7-11)9-13(3,6-10)8-11;1-10-3-9-4-11(2,6-10)8-12(5-9,7-10)14-15-13;1-10-3-9-4-11(2,6-10)8-12(13,5-9)7-10;1-11-4-9-3-10(5-11)7-12(2,6-9)8-11;/h2*5-10H2,1-4H3;10H,4-9H2,1-3H3;9H,3-8,13H2,1-2H3;9H,3-8,13H2,1-2H3;9-10H,3-8H2,1-2H3;1H4. The molecular formula is C78H136N2O2. The Hall–Kier alpha value is -0.160. The highest BCUT2D eigenvalue weighted by atomic mass is 17.3. The van der Waals surface area contributed by atoms with E-state index >= 15 is 0 Å². The Labute approximate surface area is 508 Å². The van der Waals surface area contributed by atoms with Crippen molar-refractivity contribution < 1.29 is 9.88 Å². The largest absolute Gasteiger partial charge is 0.325 e. The molecule has 0 radical (unpaired) electrons. The van der Waals surface area contributed by atoms with Gasteiger partial charge in [-0.15, -0.1) is 4.99 Å². The van der Waals surface area contributed by atoms with Gasteiger partial charge in [-0.1, -0.05) is 125 Å². The summed E-state index contributed by atoms with van der Waals surface area (Å²) in [6.07, 6.45) is 52.3. The first kappa shape index (κ1) is 62.1. The van der Waals surface area contributed by atoms with Gasteiger partial charge in [-0.25, -0.2) is 4.89 Å². The first-order valence-electron chi connectivity index (χ1n) is 35.7. The van der Waals surface area contributed by atoms with E-state index in [-0.39, 0.29) is 18.6 Å². The Bertz CT molecular complexity index is 2010. The number of hydrogen-bond donors (Lipinski definition) is 2. The molecule has 82 heavy (non-hydrogen) atoms. The van der Waals surface area contributed by atoms with Crippen molar-refractivity contribution in [1.29, 1.82) is 0 Å². The molecule has 24 rings (SSSR count). The molecule has 24 bridgehead atoms. The highest BCUT2D eigenvalue weighted by Crippen LogP contribution is 2.76. The summed E-state index contributed by atoms with van der Waals surface area (Å²) in [4.78, 5) is 9.97. The van der Waals surface area contributed by atoms with Crippen molar-refractivity contribution >= 4 is 0 Å². The lowest BCUT2D eigenvalue weighted by Crippen LogP contribution is -2.62. The van der Waals surface area contributed by atoms with Crippen LogP contribution in [0.5, 0.6) is 0 Å². The molecule has 0 aromatic heterocycles. The molecule has 0 aromatic rings. The zero-order chi connectivity index (χ0) is 58.3. The van der Waals surface area contributed by atoms with E-state index in [1.54, 1.807) is 32.1 Å². The Balaban J connectivity index is 0.0000000972. The van der Waals surface area contributed by atoms with Gasteiger partial charge in [-0.3, -0.25) is 0 Å². The van der Waals surface area contributed by atoms with E-state index in [1.165, 1.54) is 180 Å². The molecule has 4 unspecified atom stereocenters. The summed E-state index contributed by atoms with van der Waals surface area (Å²) < 4.78 is 0. The molecule has 4 N–H and O–H groups in total. The van der Waals surface area contributed by atoms with Crippen LogP contribution >= 0.6 is 0 Å². The fourth-order valence-corrected chi connectivity index (χ4v) is 36.2. The minimum absolute atomic E-state index is 0. The Morgan fingerprint density at radius 1 is 0.232 bits per heavy atom. The molecule has 0 heterocycles. The van der Waals surface area contributed by atoms with Gasteiger partial charge in [0.05, 0.1) is 0 Å². The highest BCUT2D eigenvalue weighted by molar-refractivity contribution is 5.17. The van der Waals surface area contributed by atoms with Crippen LogP contribution in [-0.4, -0.2) is 11.1 Å². The minimum Gasteiger partial charge on any atom is -0.325 e. The van der Waals surface area contributed by atoms with Gasteiger partial charge in [0.1, 0.15) is 5.60 Å². The Kier molecular flexibility index (Phi) is 14.0. The summed E-state index contributed by atoms with van der Waals surface area (Å²) in [6.45, 7) is 42.9. The molecule has 0 amide bonds. The lowest BCUT2D eigenvalue weighted by Gasteiger charge is -2.68. The summed E-state index contributed by atoms with van der Waals surface area (Å²) in [6, 6.07) is 0. The van der Waals surface area contributed by atoms with Crippen LogP contribution in [0.15, 0.2) is 0 Å². The van der Waals surface area contributed by atoms with Gasteiger partial charge in [0, 0.05) is 5.54 Å². The summed E-state index contributed by atoms with van der Waals surface area (Å²) >= 11 is 0. The van der Waals surface area contributed by atoms with Crippen molar-refractivity contribution in [1.82, 2.24) is 0 Å². The maximum atomic E-state index is 6.49. The fraction of sp³-hybridized carbons (Fsp3) is 1.00. The van der Waals surface area contributed by atoms with E-state index in [4.69, 9.17) is 16.5 Å². The molecule has 4 heteroatoms. The zero-order valence-electron chi connectivity index (χ0n) is 56.8. The van der Waals surface area contributed by atoms with Gasteiger partial charge in [0.15, 0.2) is 0 Å². The smallest absolute Gasteiger partial charge is 0.107 e. The van der Waals surface area contributed by atoms with Crippen molar-refractivity contribution in [3.8, 4) is 0 Å². The Morgan fingerprint density at radius 3 is 0.634 bits per heavy atom. The SMILES string of the molecule is C.CC12CC3(C)CC(C)(C1)CC(C)(C2)C3.CC12CC3(C)CC(C)(C1)CC(C)(C2)C3.CC12CC3CC(C)(C1)CC(C)(C3)C2.CC12CC3CC(C)(C1)CC(N)(C3)C2.CC12CC3CC(C)(C1)CC(OON)(C3)C2.CC12CC3CC(C1)CC(C)(C3)C2. The number of nitrogens with two attached hydrogens (primary N) is 2. The minimum atomic E-state index is -0.0718. The molecule has 0 saturated heterocycles. The molecule has 0 aliphatic heterocycles. The van der Waals surface area contributed by atoms with Crippen molar-refractivity contribution in [3.63, 3.8) is 0 Å². The molecule has 4 atom stereocenters. The van der Waals surface area contributed by atoms with E-state index < -0.39 is 0 Å².